The molecular formula is C10H19NS. The minimum Gasteiger partial charge on any atom is -0.302 e. The second-order valence-electron chi connectivity index (χ2n) is 4.32. The highest BCUT2D eigenvalue weighted by atomic mass is 32.2. The van der Waals surface area contributed by atoms with Crippen LogP contribution in [0, 0.1) is 5.92 Å². The molecule has 1 nitrogen and oxygen atoms in total. The molecule has 0 aromatic heterocycles. The molecule has 2 rings (SSSR count). The lowest BCUT2D eigenvalue weighted by atomic mass is 10.1. The summed E-state index contributed by atoms with van der Waals surface area (Å²) in [6.45, 7) is 5.89. The van der Waals surface area contributed by atoms with Crippen molar-refractivity contribution in [1.29, 1.82) is 0 Å². The van der Waals surface area contributed by atoms with Gasteiger partial charge in [-0.3, -0.25) is 0 Å². The van der Waals surface area contributed by atoms with Gasteiger partial charge in [0.05, 0.1) is 4.87 Å². The highest BCUT2D eigenvalue weighted by Crippen LogP contribution is 2.47. The average molecular weight is 185 g/mol. The van der Waals surface area contributed by atoms with E-state index in [1.54, 1.807) is 0 Å². The minimum absolute atomic E-state index is 0.500. The zero-order valence-electron chi connectivity index (χ0n) is 8.10. The highest BCUT2D eigenvalue weighted by molar-refractivity contribution is 8.01. The van der Waals surface area contributed by atoms with Crippen molar-refractivity contribution < 1.29 is 0 Å². The quantitative estimate of drug-likeness (QED) is 0.674. The van der Waals surface area contributed by atoms with E-state index < -0.39 is 0 Å². The predicted octanol–water partition coefficient (Wildman–Crippen LogP) is 2.62. The summed E-state index contributed by atoms with van der Waals surface area (Å²) in [5.41, 5.74) is 0. The molecule has 2 heteroatoms. The first-order valence-corrected chi connectivity index (χ1v) is 6.05. The minimum atomic E-state index is 0.500. The molecule has 3 atom stereocenters. The highest BCUT2D eigenvalue weighted by Gasteiger charge is 2.43. The molecule has 1 saturated carbocycles. The van der Waals surface area contributed by atoms with Crippen molar-refractivity contribution in [1.82, 2.24) is 5.32 Å². The molecule has 1 spiro atoms. The van der Waals surface area contributed by atoms with Crippen LogP contribution in [0.15, 0.2) is 0 Å². The van der Waals surface area contributed by atoms with Gasteiger partial charge in [-0.05, 0) is 25.2 Å². The van der Waals surface area contributed by atoms with Gasteiger partial charge < -0.3 is 5.32 Å². The van der Waals surface area contributed by atoms with Gasteiger partial charge >= 0.3 is 0 Å². The number of nitrogens with one attached hydrogen (secondary N) is 1. The second-order valence-corrected chi connectivity index (χ2v) is 6.14. The van der Waals surface area contributed by atoms with Gasteiger partial charge in [0.2, 0.25) is 0 Å². The van der Waals surface area contributed by atoms with Crippen molar-refractivity contribution in [3.8, 4) is 0 Å². The molecular weight excluding hydrogens is 166 g/mol. The van der Waals surface area contributed by atoms with E-state index in [0.29, 0.717) is 4.87 Å². The SMILES string of the molecule is CCC1CCC2(C1)NCC(C)S2. The van der Waals surface area contributed by atoms with Crippen LogP contribution in [0.4, 0.5) is 0 Å². The van der Waals surface area contributed by atoms with E-state index in [2.05, 4.69) is 30.9 Å². The molecule has 0 aromatic carbocycles. The molecule has 0 radical (unpaired) electrons. The van der Waals surface area contributed by atoms with Crippen LogP contribution in [0.1, 0.15) is 39.5 Å². The largest absolute Gasteiger partial charge is 0.302 e. The van der Waals surface area contributed by atoms with Crippen molar-refractivity contribution in [3.63, 3.8) is 0 Å². The summed E-state index contributed by atoms with van der Waals surface area (Å²) in [5, 5.41) is 4.54. The van der Waals surface area contributed by atoms with Gasteiger partial charge in [0, 0.05) is 11.8 Å². The zero-order chi connectivity index (χ0) is 8.60. The molecule has 1 heterocycles. The summed E-state index contributed by atoms with van der Waals surface area (Å²) < 4.78 is 0. The normalized spacial score (nSPS) is 47.5. The van der Waals surface area contributed by atoms with E-state index in [1.165, 1.54) is 32.2 Å². The first-order chi connectivity index (χ1) is 5.74. The van der Waals surface area contributed by atoms with Gasteiger partial charge in [-0.1, -0.05) is 20.3 Å². The number of rotatable bonds is 1. The van der Waals surface area contributed by atoms with Crippen LogP contribution in [-0.4, -0.2) is 16.7 Å². The molecule has 1 aliphatic heterocycles. The van der Waals surface area contributed by atoms with Crippen LogP contribution in [0.25, 0.3) is 0 Å². The van der Waals surface area contributed by atoms with E-state index in [1.807, 2.05) is 0 Å². The Hall–Kier alpha value is 0.310. The molecule has 0 bridgehead atoms. The Balaban J connectivity index is 1.97. The van der Waals surface area contributed by atoms with Crippen LogP contribution >= 0.6 is 11.8 Å². The van der Waals surface area contributed by atoms with Gasteiger partial charge in [-0.2, -0.15) is 0 Å². The Morgan fingerprint density at radius 1 is 1.58 bits per heavy atom. The molecule has 3 unspecified atom stereocenters. The number of thioether (sulfide) groups is 1. The molecule has 1 aliphatic carbocycles. The van der Waals surface area contributed by atoms with E-state index in [-0.39, 0.29) is 0 Å². The smallest absolute Gasteiger partial charge is 0.0651 e. The fourth-order valence-electron chi connectivity index (χ4n) is 2.52. The van der Waals surface area contributed by atoms with Crippen molar-refractivity contribution in [3.05, 3.63) is 0 Å². The van der Waals surface area contributed by atoms with Crippen molar-refractivity contribution in [2.75, 3.05) is 6.54 Å². The molecule has 2 aliphatic rings. The lowest BCUT2D eigenvalue weighted by Gasteiger charge is -2.22. The first-order valence-electron chi connectivity index (χ1n) is 5.17. The van der Waals surface area contributed by atoms with E-state index >= 15 is 0 Å². The maximum atomic E-state index is 3.71. The summed E-state index contributed by atoms with van der Waals surface area (Å²) in [5.74, 6) is 0.996. The fourth-order valence-corrected chi connectivity index (χ4v) is 4.19. The number of hydrogen-bond acceptors (Lipinski definition) is 2. The summed E-state index contributed by atoms with van der Waals surface area (Å²) in [6.07, 6.45) is 5.64. The molecule has 0 amide bonds. The third-order valence-corrected chi connectivity index (χ3v) is 4.83. The van der Waals surface area contributed by atoms with E-state index in [0.717, 1.165) is 11.2 Å². The standard InChI is InChI=1S/C10H19NS/c1-3-9-4-5-10(6-9)11-7-8(2)12-10/h8-9,11H,3-7H2,1-2H3. The Morgan fingerprint density at radius 3 is 2.92 bits per heavy atom. The maximum Gasteiger partial charge on any atom is 0.0651 e. The second kappa shape index (κ2) is 3.22. The third kappa shape index (κ3) is 1.51. The van der Waals surface area contributed by atoms with Crippen LogP contribution in [-0.2, 0) is 0 Å². The molecule has 2 fully saturated rings. The van der Waals surface area contributed by atoms with E-state index in [4.69, 9.17) is 0 Å². The van der Waals surface area contributed by atoms with Gasteiger partial charge in [0.25, 0.3) is 0 Å². The summed E-state index contributed by atoms with van der Waals surface area (Å²) in [6, 6.07) is 0. The summed E-state index contributed by atoms with van der Waals surface area (Å²) in [4.78, 5) is 0.500. The summed E-state index contributed by atoms with van der Waals surface area (Å²) in [7, 11) is 0. The zero-order valence-corrected chi connectivity index (χ0v) is 8.91. The predicted molar refractivity (Wildman–Crippen MR) is 55.4 cm³/mol. The van der Waals surface area contributed by atoms with E-state index in [9.17, 15) is 0 Å². The molecule has 70 valence electrons. The molecule has 0 aromatic rings. The summed E-state index contributed by atoms with van der Waals surface area (Å²) >= 11 is 2.18. The van der Waals surface area contributed by atoms with Gasteiger partial charge in [0.1, 0.15) is 0 Å². The Labute approximate surface area is 79.7 Å². The maximum absolute atomic E-state index is 3.71. The lowest BCUT2D eigenvalue weighted by Crippen LogP contribution is -2.34. The number of hydrogen-bond donors (Lipinski definition) is 1. The molecule has 1 N–H and O–H groups in total. The van der Waals surface area contributed by atoms with Gasteiger partial charge in [0.15, 0.2) is 0 Å². The molecule has 12 heavy (non-hydrogen) atoms. The topological polar surface area (TPSA) is 12.0 Å². The Bertz CT molecular complexity index is 171. The van der Waals surface area contributed by atoms with Crippen molar-refractivity contribution >= 4 is 11.8 Å². The van der Waals surface area contributed by atoms with Crippen molar-refractivity contribution in [2.45, 2.75) is 49.7 Å². The van der Waals surface area contributed by atoms with Gasteiger partial charge in [-0.15, -0.1) is 11.8 Å². The Kier molecular flexibility index (Phi) is 2.39. The van der Waals surface area contributed by atoms with Crippen LogP contribution < -0.4 is 5.32 Å². The third-order valence-electron chi connectivity index (χ3n) is 3.29. The van der Waals surface area contributed by atoms with Crippen LogP contribution in [0.5, 0.6) is 0 Å². The van der Waals surface area contributed by atoms with Crippen LogP contribution in [0.3, 0.4) is 0 Å². The Morgan fingerprint density at radius 2 is 2.42 bits per heavy atom. The monoisotopic (exact) mass is 185 g/mol. The average Bonchev–Trinajstić information content (AvgIpc) is 2.61. The molecule has 1 saturated heterocycles. The fraction of sp³-hybridized carbons (Fsp3) is 1.00. The van der Waals surface area contributed by atoms with Crippen LogP contribution in [0.2, 0.25) is 0 Å². The lowest BCUT2D eigenvalue weighted by molar-refractivity contribution is 0.466. The van der Waals surface area contributed by atoms with Crippen molar-refractivity contribution in [2.24, 2.45) is 5.92 Å². The van der Waals surface area contributed by atoms with Gasteiger partial charge in [-0.25, -0.2) is 0 Å². The first kappa shape index (κ1) is 8.89.